The minimum absolute atomic E-state index is 0.0322. The van der Waals surface area contributed by atoms with Crippen LogP contribution in [0.4, 0.5) is 0 Å². The smallest absolute Gasteiger partial charge is 0.274 e. The molecule has 0 radical (unpaired) electrons. The zero-order valence-electron chi connectivity index (χ0n) is 14.4. The monoisotopic (exact) mass is 394 g/mol. The number of nitrogens with one attached hydrogen (secondary N) is 2. The summed E-state index contributed by atoms with van der Waals surface area (Å²) in [6, 6.07) is 3.32. The second-order valence-corrected chi connectivity index (χ2v) is 9.87. The number of aromatic nitrogens is 2. The van der Waals surface area contributed by atoms with Crippen molar-refractivity contribution >= 4 is 27.3 Å². The summed E-state index contributed by atoms with van der Waals surface area (Å²) in [6.45, 7) is 1.62. The van der Waals surface area contributed by atoms with Gasteiger partial charge in [-0.05, 0) is 49.5 Å². The van der Waals surface area contributed by atoms with Gasteiger partial charge in [-0.2, -0.15) is 5.10 Å². The average molecular weight is 395 g/mol. The molecule has 140 valence electrons. The number of aromatic amines is 1. The van der Waals surface area contributed by atoms with Gasteiger partial charge in [0.2, 0.25) is 10.0 Å². The van der Waals surface area contributed by atoms with E-state index < -0.39 is 10.0 Å². The number of carbonyl (C=O) groups is 1. The number of piperidine rings is 1. The van der Waals surface area contributed by atoms with Crippen LogP contribution in [0.15, 0.2) is 21.7 Å². The Bertz CT molecular complexity index is 889. The van der Waals surface area contributed by atoms with Gasteiger partial charge in [0.25, 0.3) is 5.91 Å². The number of H-pyrrole nitrogens is 1. The minimum atomic E-state index is -3.46. The molecule has 2 aromatic heterocycles. The van der Waals surface area contributed by atoms with Crippen LogP contribution in [0.1, 0.15) is 41.0 Å². The Morgan fingerprint density at radius 2 is 2.27 bits per heavy atom. The van der Waals surface area contributed by atoms with Crippen LogP contribution < -0.4 is 4.72 Å². The summed E-state index contributed by atoms with van der Waals surface area (Å²) >= 11 is 1.20. The summed E-state index contributed by atoms with van der Waals surface area (Å²) < 4.78 is 27.6. The van der Waals surface area contributed by atoms with E-state index in [4.69, 9.17) is 0 Å². The van der Waals surface area contributed by atoms with Crippen LogP contribution in [0.25, 0.3) is 0 Å². The summed E-state index contributed by atoms with van der Waals surface area (Å²) in [5.74, 6) is 0.0876. The highest BCUT2D eigenvalue weighted by molar-refractivity contribution is 7.91. The molecule has 2 aliphatic rings. The zero-order valence-corrected chi connectivity index (χ0v) is 16.0. The van der Waals surface area contributed by atoms with E-state index in [1.165, 1.54) is 11.3 Å². The summed E-state index contributed by atoms with van der Waals surface area (Å²) in [5, 5.41) is 8.97. The van der Waals surface area contributed by atoms with Gasteiger partial charge in [0.15, 0.2) is 5.69 Å². The average Bonchev–Trinajstić information content (AvgIpc) is 3.37. The number of hydrogen-bond acceptors (Lipinski definition) is 5. The van der Waals surface area contributed by atoms with Crippen molar-refractivity contribution in [2.24, 2.45) is 5.92 Å². The lowest BCUT2D eigenvalue weighted by molar-refractivity contribution is 0.0669. The SMILES string of the molecule is O=C(c1n[nH]c2c1CCC2)N1CCCC(CNS(=O)(=O)c2cccs2)C1. The van der Waals surface area contributed by atoms with Gasteiger partial charge in [-0.3, -0.25) is 9.89 Å². The first-order chi connectivity index (χ1) is 12.5. The van der Waals surface area contributed by atoms with E-state index in [2.05, 4.69) is 14.9 Å². The quantitative estimate of drug-likeness (QED) is 0.808. The van der Waals surface area contributed by atoms with E-state index >= 15 is 0 Å². The lowest BCUT2D eigenvalue weighted by atomic mass is 9.98. The first-order valence-electron chi connectivity index (χ1n) is 8.93. The van der Waals surface area contributed by atoms with Gasteiger partial charge in [-0.15, -0.1) is 11.3 Å². The Kier molecular flexibility index (Phi) is 4.85. The van der Waals surface area contributed by atoms with Crippen molar-refractivity contribution in [1.82, 2.24) is 19.8 Å². The largest absolute Gasteiger partial charge is 0.337 e. The Hall–Kier alpha value is -1.71. The number of thiophene rings is 1. The van der Waals surface area contributed by atoms with Gasteiger partial charge >= 0.3 is 0 Å². The van der Waals surface area contributed by atoms with Crippen LogP contribution in [0.3, 0.4) is 0 Å². The van der Waals surface area contributed by atoms with E-state index in [1.807, 2.05) is 4.90 Å². The molecule has 1 saturated heterocycles. The van der Waals surface area contributed by atoms with E-state index in [-0.39, 0.29) is 11.8 Å². The molecule has 1 fully saturated rings. The van der Waals surface area contributed by atoms with E-state index in [1.54, 1.807) is 17.5 Å². The Morgan fingerprint density at radius 3 is 3.08 bits per heavy atom. The molecule has 4 rings (SSSR count). The number of aryl methyl sites for hydroxylation is 1. The van der Waals surface area contributed by atoms with Gasteiger partial charge in [0.1, 0.15) is 4.21 Å². The Balaban J connectivity index is 1.39. The third-order valence-corrected chi connectivity index (χ3v) is 7.96. The first kappa shape index (κ1) is 17.7. The molecule has 1 amide bonds. The van der Waals surface area contributed by atoms with Crippen molar-refractivity contribution in [3.63, 3.8) is 0 Å². The molecule has 2 N–H and O–H groups in total. The molecule has 1 atom stereocenters. The zero-order chi connectivity index (χ0) is 18.1. The van der Waals surface area contributed by atoms with Crippen molar-refractivity contribution in [2.45, 2.75) is 36.3 Å². The van der Waals surface area contributed by atoms with Crippen molar-refractivity contribution in [1.29, 1.82) is 0 Å². The molecule has 7 nitrogen and oxygen atoms in total. The molecule has 1 aliphatic heterocycles. The third kappa shape index (κ3) is 3.43. The first-order valence-corrected chi connectivity index (χ1v) is 11.3. The molecule has 3 heterocycles. The van der Waals surface area contributed by atoms with Gasteiger partial charge in [0.05, 0.1) is 0 Å². The highest BCUT2D eigenvalue weighted by atomic mass is 32.2. The van der Waals surface area contributed by atoms with Gasteiger partial charge in [0, 0.05) is 30.9 Å². The maximum absolute atomic E-state index is 12.9. The van der Waals surface area contributed by atoms with Crippen LogP contribution >= 0.6 is 11.3 Å². The van der Waals surface area contributed by atoms with Crippen molar-refractivity contribution in [2.75, 3.05) is 19.6 Å². The lowest BCUT2D eigenvalue weighted by Gasteiger charge is -2.32. The van der Waals surface area contributed by atoms with Crippen LogP contribution in [0.2, 0.25) is 0 Å². The van der Waals surface area contributed by atoms with E-state index in [0.717, 1.165) is 43.4 Å². The maximum atomic E-state index is 12.9. The number of likely N-dealkylation sites (tertiary alicyclic amines) is 1. The number of sulfonamides is 1. The fourth-order valence-electron chi connectivity index (χ4n) is 3.78. The molecule has 1 unspecified atom stereocenters. The molecular formula is C17H22N4O3S2. The topological polar surface area (TPSA) is 95.2 Å². The predicted molar refractivity (Wildman–Crippen MR) is 98.7 cm³/mol. The minimum Gasteiger partial charge on any atom is -0.337 e. The molecule has 0 saturated carbocycles. The number of amides is 1. The van der Waals surface area contributed by atoms with Crippen molar-refractivity contribution in [3.8, 4) is 0 Å². The molecule has 1 aliphatic carbocycles. The van der Waals surface area contributed by atoms with Crippen LogP contribution in [0.5, 0.6) is 0 Å². The van der Waals surface area contributed by atoms with Crippen LogP contribution in [0, 0.1) is 5.92 Å². The van der Waals surface area contributed by atoms with E-state index in [9.17, 15) is 13.2 Å². The molecule has 2 aromatic rings. The summed E-state index contributed by atoms with van der Waals surface area (Å²) in [5.41, 5.74) is 2.71. The lowest BCUT2D eigenvalue weighted by Crippen LogP contribution is -2.44. The number of fused-ring (bicyclic) bond motifs is 1. The molecular weight excluding hydrogens is 372 g/mol. The Labute approximate surface area is 156 Å². The van der Waals surface area contributed by atoms with Gasteiger partial charge in [-0.25, -0.2) is 13.1 Å². The standard InChI is InChI=1S/C17H22N4O3S2/c22-17(16-13-5-1-6-14(13)19-20-16)21-8-2-4-12(11-21)10-18-26(23,24)15-7-3-9-25-15/h3,7,9,12,18H,1-2,4-6,8,10-11H2,(H,19,20). The number of hydrogen-bond donors (Lipinski definition) is 2. The molecule has 0 aromatic carbocycles. The summed E-state index contributed by atoms with van der Waals surface area (Å²) in [6.07, 6.45) is 4.73. The fourth-order valence-corrected chi connectivity index (χ4v) is 5.93. The molecule has 9 heteroatoms. The number of carbonyl (C=O) groups excluding carboxylic acids is 1. The second kappa shape index (κ2) is 7.13. The van der Waals surface area contributed by atoms with Gasteiger partial charge in [-0.1, -0.05) is 6.07 Å². The number of rotatable bonds is 5. The predicted octanol–water partition coefficient (Wildman–Crippen LogP) is 1.79. The van der Waals surface area contributed by atoms with E-state index in [0.29, 0.717) is 29.5 Å². The summed E-state index contributed by atoms with van der Waals surface area (Å²) in [4.78, 5) is 14.7. The summed E-state index contributed by atoms with van der Waals surface area (Å²) in [7, 11) is -3.46. The molecule has 0 bridgehead atoms. The van der Waals surface area contributed by atoms with Crippen LogP contribution in [-0.4, -0.2) is 49.1 Å². The second-order valence-electron chi connectivity index (χ2n) is 6.93. The Morgan fingerprint density at radius 1 is 1.38 bits per heavy atom. The van der Waals surface area contributed by atoms with Gasteiger partial charge < -0.3 is 4.90 Å². The molecule has 0 spiro atoms. The van der Waals surface area contributed by atoms with Crippen LogP contribution in [-0.2, 0) is 22.9 Å². The highest BCUT2D eigenvalue weighted by Crippen LogP contribution is 2.25. The van der Waals surface area contributed by atoms with Crippen molar-refractivity contribution < 1.29 is 13.2 Å². The maximum Gasteiger partial charge on any atom is 0.274 e. The number of nitrogens with zero attached hydrogens (tertiary/aromatic N) is 2. The third-order valence-electron chi connectivity index (χ3n) is 5.14. The van der Waals surface area contributed by atoms with Crippen molar-refractivity contribution in [3.05, 3.63) is 34.5 Å². The molecule has 26 heavy (non-hydrogen) atoms. The highest BCUT2D eigenvalue weighted by Gasteiger charge is 2.30. The fraction of sp³-hybridized carbons (Fsp3) is 0.529. The normalized spacial score (nSPS) is 20.3.